The van der Waals surface area contributed by atoms with Gasteiger partial charge < -0.3 is 30.7 Å². The van der Waals surface area contributed by atoms with Gasteiger partial charge in [-0.2, -0.15) is 0 Å². The first-order chi connectivity index (χ1) is 28.0. The summed E-state index contributed by atoms with van der Waals surface area (Å²) in [5.74, 6) is 1.75. The first kappa shape index (κ1) is 47.0. The molecule has 0 unspecified atom stereocenters. The summed E-state index contributed by atoms with van der Waals surface area (Å²) in [7, 11) is 0. The molecule has 6 aliphatic rings. The first-order valence-corrected chi connectivity index (χ1v) is 23.5. The van der Waals surface area contributed by atoms with Crippen LogP contribution in [0.5, 0.6) is 0 Å². The number of fused-ring (bicyclic) bond motifs is 6. The van der Waals surface area contributed by atoms with Gasteiger partial charge in [-0.05, 0) is 113 Å². The minimum Gasteiger partial charge on any atom is -0.396 e. The van der Waals surface area contributed by atoms with Crippen LogP contribution in [-0.2, 0) is 35.2 Å². The van der Waals surface area contributed by atoms with E-state index in [4.69, 9.17) is 26.8 Å². The van der Waals surface area contributed by atoms with Crippen LogP contribution < -0.4 is 11.1 Å². The predicted octanol–water partition coefficient (Wildman–Crippen LogP) is 6.72. The van der Waals surface area contributed by atoms with Crippen molar-refractivity contribution in [3.63, 3.8) is 0 Å². The highest BCUT2D eigenvalue weighted by Gasteiger charge is 2.30. The summed E-state index contributed by atoms with van der Waals surface area (Å²) in [6, 6.07) is 2.47. The third kappa shape index (κ3) is 11.5. The molecule has 17 heteroatoms. The number of nitrogens with two attached hydrogens (primary N) is 1. The highest BCUT2D eigenvalue weighted by atomic mass is 35.5. The van der Waals surface area contributed by atoms with Crippen molar-refractivity contribution in [2.45, 2.75) is 114 Å². The Hall–Kier alpha value is -1.53. The predicted molar refractivity (Wildman–Crippen MR) is 244 cm³/mol. The van der Waals surface area contributed by atoms with Crippen LogP contribution in [0.25, 0.3) is 20.4 Å². The van der Waals surface area contributed by atoms with Gasteiger partial charge in [-0.3, -0.25) is 9.80 Å². The molecule has 6 heterocycles. The molecule has 4 aromatic heterocycles. The van der Waals surface area contributed by atoms with Gasteiger partial charge in [-0.25, -0.2) is 19.9 Å². The zero-order chi connectivity index (χ0) is 39.1. The van der Waals surface area contributed by atoms with Crippen LogP contribution in [0.15, 0.2) is 12.7 Å². The molecule has 5 N–H and O–H groups in total. The quantitative estimate of drug-likeness (QED) is 0.152. The van der Waals surface area contributed by atoms with Crippen molar-refractivity contribution in [2.75, 3.05) is 71.1 Å². The largest absolute Gasteiger partial charge is 0.396 e. The van der Waals surface area contributed by atoms with Gasteiger partial charge >= 0.3 is 0 Å². The Balaban J connectivity index is 0.000000160. The van der Waals surface area contributed by atoms with E-state index in [0.717, 1.165) is 118 Å². The van der Waals surface area contributed by atoms with Gasteiger partial charge in [0.05, 0.1) is 37.2 Å². The maximum Gasteiger partial charge on any atom is 0.141 e. The summed E-state index contributed by atoms with van der Waals surface area (Å²) in [6.45, 7) is 8.56. The van der Waals surface area contributed by atoms with Crippen molar-refractivity contribution >= 4 is 85.3 Å². The van der Waals surface area contributed by atoms with Crippen LogP contribution in [-0.4, -0.2) is 130 Å². The molecule has 2 atom stereocenters. The van der Waals surface area contributed by atoms with E-state index < -0.39 is 0 Å². The van der Waals surface area contributed by atoms with E-state index in [-0.39, 0.29) is 38.0 Å². The van der Waals surface area contributed by atoms with Crippen LogP contribution in [0.4, 0.5) is 5.82 Å². The molecular weight excluding hydrogens is 851 g/mol. The Morgan fingerprint density at radius 2 is 1.14 bits per heavy atom. The lowest BCUT2D eigenvalue weighted by Crippen LogP contribution is -2.46. The fourth-order valence-corrected chi connectivity index (χ4v) is 12.5. The number of aliphatic hydroxyl groups excluding tert-OH is 2. The molecule has 59 heavy (non-hydrogen) atoms. The highest BCUT2D eigenvalue weighted by molar-refractivity contribution is 7.19. The fourth-order valence-electron chi connectivity index (χ4n) is 9.87. The van der Waals surface area contributed by atoms with Crippen molar-refractivity contribution in [2.24, 2.45) is 17.6 Å². The van der Waals surface area contributed by atoms with E-state index in [1.54, 1.807) is 17.7 Å². The molecule has 12 nitrogen and oxygen atoms in total. The molecular formula is C42H63Cl3N8O4S2. The SMILES string of the molecule is Cl.Cl.NC1CCC(N2CCOCC2)CC1.OC[C@@H]1CCc2sc3ncnc(Cl)c3c2C1.OC[C@@H]1CCc2sc3ncnc(NC4CCC(N5CCOCC5)CC4)c3c2C1. The molecule has 0 radical (unpaired) electrons. The van der Waals surface area contributed by atoms with E-state index in [1.807, 2.05) is 11.3 Å². The Labute approximate surface area is 374 Å². The van der Waals surface area contributed by atoms with Gasteiger partial charge in [-0.15, -0.1) is 47.5 Å². The van der Waals surface area contributed by atoms with Crippen LogP contribution in [0.1, 0.15) is 85.1 Å². The average molecular weight is 915 g/mol. The Kier molecular flexibility index (Phi) is 18.1. The molecule has 10 rings (SSSR count). The van der Waals surface area contributed by atoms with E-state index in [1.165, 1.54) is 84.0 Å². The Bertz CT molecular complexity index is 1900. The third-order valence-corrected chi connectivity index (χ3v) is 15.9. The average Bonchev–Trinajstić information content (AvgIpc) is 3.84. The van der Waals surface area contributed by atoms with Crippen molar-refractivity contribution in [3.8, 4) is 0 Å². The molecule has 4 aromatic rings. The molecule has 2 saturated carbocycles. The maximum absolute atomic E-state index is 9.63. The molecule has 328 valence electrons. The number of anilines is 1. The molecule has 0 aromatic carbocycles. The molecule has 0 spiro atoms. The van der Waals surface area contributed by atoms with Gasteiger partial charge in [0.2, 0.25) is 0 Å². The summed E-state index contributed by atoms with van der Waals surface area (Å²) in [4.78, 5) is 27.6. The van der Waals surface area contributed by atoms with E-state index >= 15 is 0 Å². The molecule has 2 saturated heterocycles. The Morgan fingerprint density at radius 1 is 0.661 bits per heavy atom. The van der Waals surface area contributed by atoms with E-state index in [0.29, 0.717) is 35.1 Å². The number of rotatable bonds is 6. The number of nitrogens with one attached hydrogen (secondary N) is 1. The fraction of sp³-hybridized carbons (Fsp3) is 0.714. The van der Waals surface area contributed by atoms with Crippen molar-refractivity contribution in [1.29, 1.82) is 0 Å². The van der Waals surface area contributed by atoms with Gasteiger partial charge in [0.25, 0.3) is 0 Å². The van der Waals surface area contributed by atoms with Crippen molar-refractivity contribution in [1.82, 2.24) is 29.7 Å². The first-order valence-electron chi connectivity index (χ1n) is 21.5. The van der Waals surface area contributed by atoms with Crippen LogP contribution in [0, 0.1) is 11.8 Å². The van der Waals surface area contributed by atoms with Gasteiger partial charge in [0.1, 0.15) is 33.3 Å². The van der Waals surface area contributed by atoms with Crippen LogP contribution in [0.3, 0.4) is 0 Å². The number of ether oxygens (including phenoxy) is 2. The normalized spacial score (nSPS) is 27.5. The highest BCUT2D eigenvalue weighted by Crippen LogP contribution is 2.41. The zero-order valence-electron chi connectivity index (χ0n) is 34.1. The lowest BCUT2D eigenvalue weighted by Gasteiger charge is -2.39. The number of nitrogens with zero attached hydrogens (tertiary/aromatic N) is 6. The monoisotopic (exact) mass is 912 g/mol. The molecule has 0 bridgehead atoms. The number of aliphatic hydroxyl groups is 2. The number of aryl methyl sites for hydroxylation is 2. The molecule has 4 fully saturated rings. The molecule has 0 amide bonds. The number of thiophene rings is 2. The summed E-state index contributed by atoms with van der Waals surface area (Å²) in [5, 5.41) is 25.4. The van der Waals surface area contributed by atoms with Crippen LogP contribution >= 0.6 is 59.1 Å². The van der Waals surface area contributed by atoms with Gasteiger partial charge in [-0.1, -0.05) is 11.6 Å². The second kappa shape index (κ2) is 22.7. The number of morpholine rings is 2. The Morgan fingerprint density at radius 3 is 1.66 bits per heavy atom. The standard InChI is InChI=1S/C21H30N4O2S.C11H11ClN2OS.C10H20N2O.2ClH/c26-12-14-1-6-18-17(11-14)19-20(22-13-23-21(19)28-18)24-15-2-4-16(5-3-15)25-7-9-27-10-8-25;12-10-9-7-3-6(4-15)1-2-8(7)16-11(9)14-5-13-10;11-9-1-3-10(4-2-9)12-5-7-13-8-6-12;;/h13-16,26H,1-12H2,(H,22,23,24);5-6,15H,1-4H2;9-10H,1-8,11H2;2*1H/t14-,15?,16?;6-;;;/m11.../s1. The van der Waals surface area contributed by atoms with Crippen molar-refractivity contribution in [3.05, 3.63) is 38.7 Å². The zero-order valence-corrected chi connectivity index (χ0v) is 38.1. The second-order valence-corrected chi connectivity index (χ2v) is 19.4. The minimum absolute atomic E-state index is 0. The second-order valence-electron chi connectivity index (χ2n) is 16.9. The summed E-state index contributed by atoms with van der Waals surface area (Å²) < 4.78 is 10.8. The van der Waals surface area contributed by atoms with E-state index in [9.17, 15) is 10.2 Å². The smallest absolute Gasteiger partial charge is 0.141 e. The van der Waals surface area contributed by atoms with E-state index in [2.05, 4.69) is 35.1 Å². The van der Waals surface area contributed by atoms with Gasteiger partial charge in [0, 0.05) is 73.3 Å². The van der Waals surface area contributed by atoms with Gasteiger partial charge in [0.15, 0.2) is 0 Å². The lowest BCUT2D eigenvalue weighted by molar-refractivity contribution is 0.00749. The topological polar surface area (TPSA) is 155 Å². The minimum atomic E-state index is 0. The number of aromatic nitrogens is 4. The summed E-state index contributed by atoms with van der Waals surface area (Å²) >= 11 is 9.64. The number of hydrogen-bond acceptors (Lipinski definition) is 14. The third-order valence-electron chi connectivity index (χ3n) is 13.3. The van der Waals surface area contributed by atoms with Crippen LogP contribution in [0.2, 0.25) is 5.15 Å². The van der Waals surface area contributed by atoms with Crippen molar-refractivity contribution < 1.29 is 19.7 Å². The summed E-state index contributed by atoms with van der Waals surface area (Å²) in [5.41, 5.74) is 8.53. The number of halogens is 3. The summed E-state index contributed by atoms with van der Waals surface area (Å²) in [6.07, 6.45) is 19.2. The lowest BCUT2D eigenvalue weighted by atomic mass is 9.87. The number of hydrogen-bond donors (Lipinski definition) is 4. The molecule has 4 aliphatic carbocycles. The maximum atomic E-state index is 9.63. The molecule has 2 aliphatic heterocycles.